The zero-order valence-corrected chi connectivity index (χ0v) is 16.3. The monoisotopic (exact) mass is 372 g/mol. The first-order chi connectivity index (χ1) is 10.9. The molecule has 2 rings (SSSR count). The Morgan fingerprint density at radius 1 is 0.696 bits per heavy atom. The Bertz CT molecular complexity index is 374. The average molecular weight is 372 g/mol. The van der Waals surface area contributed by atoms with Crippen LogP contribution in [0.25, 0.3) is 0 Å². The first kappa shape index (κ1) is 22.6. The molecule has 130 valence electrons. The SMILES string of the molecule is SCCCCCCCCCCCc1cc[cH-]c1.[Fe+2].c1cc[cH-]c1. The molecule has 0 aliphatic rings. The van der Waals surface area contributed by atoms with Crippen LogP contribution in [-0.4, -0.2) is 5.75 Å². The van der Waals surface area contributed by atoms with Crippen LogP contribution in [0.1, 0.15) is 63.4 Å². The Morgan fingerprint density at radius 2 is 1.26 bits per heavy atom. The minimum absolute atomic E-state index is 0. The van der Waals surface area contributed by atoms with Gasteiger partial charge in [0.15, 0.2) is 0 Å². The molecule has 0 aromatic heterocycles. The van der Waals surface area contributed by atoms with E-state index in [2.05, 4.69) is 36.9 Å². The normalized spacial score (nSPS) is 9.78. The number of rotatable bonds is 11. The third-order valence-corrected chi connectivity index (χ3v) is 4.23. The summed E-state index contributed by atoms with van der Waals surface area (Å²) >= 11 is 4.23. The molecule has 0 saturated heterocycles. The summed E-state index contributed by atoms with van der Waals surface area (Å²) in [7, 11) is 0. The van der Waals surface area contributed by atoms with Crippen LogP contribution in [0.2, 0.25) is 0 Å². The standard InChI is InChI=1S/C16H27S.C5H5.Fe/c17-15-11-7-5-3-1-2-4-6-8-12-16-13-9-10-14-16;1-2-4-5-3-1;/h9-10,13-14,17H,1-8,11-12,15H2;1-5H;/q2*-1;+2. The first-order valence-corrected chi connectivity index (χ1v) is 9.55. The van der Waals surface area contributed by atoms with Gasteiger partial charge in [-0.3, -0.25) is 0 Å². The number of thiol groups is 1. The van der Waals surface area contributed by atoms with Crippen LogP contribution < -0.4 is 0 Å². The quantitative estimate of drug-likeness (QED) is 0.191. The molecule has 0 aliphatic heterocycles. The maximum atomic E-state index is 4.23. The Hall–Kier alpha value is -0.431. The second kappa shape index (κ2) is 17.9. The second-order valence-electron chi connectivity index (χ2n) is 5.91. The van der Waals surface area contributed by atoms with Crippen molar-refractivity contribution in [3.63, 3.8) is 0 Å². The van der Waals surface area contributed by atoms with E-state index in [1.807, 2.05) is 30.3 Å². The van der Waals surface area contributed by atoms with Crippen LogP contribution in [0.4, 0.5) is 0 Å². The Kier molecular flexibility index (Phi) is 17.6. The van der Waals surface area contributed by atoms with Crippen LogP contribution in [0.15, 0.2) is 54.6 Å². The van der Waals surface area contributed by atoms with Crippen molar-refractivity contribution in [2.75, 3.05) is 5.75 Å². The molecule has 0 spiro atoms. The van der Waals surface area contributed by atoms with E-state index in [1.165, 1.54) is 69.8 Å². The molecule has 0 heterocycles. The fourth-order valence-electron chi connectivity index (χ4n) is 2.58. The molecule has 0 aliphatic carbocycles. The molecule has 0 fully saturated rings. The third kappa shape index (κ3) is 14.9. The Labute approximate surface area is 159 Å². The van der Waals surface area contributed by atoms with Gasteiger partial charge in [0.1, 0.15) is 0 Å². The molecule has 0 amide bonds. The van der Waals surface area contributed by atoms with Gasteiger partial charge in [0.2, 0.25) is 0 Å². The van der Waals surface area contributed by atoms with Crippen molar-refractivity contribution in [2.45, 2.75) is 64.2 Å². The van der Waals surface area contributed by atoms with Gasteiger partial charge in [-0.05, 0) is 12.2 Å². The van der Waals surface area contributed by atoms with Gasteiger partial charge in [-0.25, -0.2) is 18.2 Å². The molecule has 2 aromatic carbocycles. The summed E-state index contributed by atoms with van der Waals surface area (Å²) in [5, 5.41) is 0. The van der Waals surface area contributed by atoms with E-state index in [0.717, 1.165) is 5.75 Å². The van der Waals surface area contributed by atoms with Crippen LogP contribution in [-0.2, 0) is 23.5 Å². The largest absolute Gasteiger partial charge is 2.00 e. The third-order valence-electron chi connectivity index (χ3n) is 3.91. The van der Waals surface area contributed by atoms with Gasteiger partial charge in [0, 0.05) is 0 Å². The van der Waals surface area contributed by atoms with E-state index in [4.69, 9.17) is 0 Å². The summed E-state index contributed by atoms with van der Waals surface area (Å²) < 4.78 is 0. The molecule has 0 unspecified atom stereocenters. The average Bonchev–Trinajstić information content (AvgIpc) is 3.25. The molecular weight excluding hydrogens is 340 g/mol. The maximum absolute atomic E-state index is 4.23. The number of hydrogen-bond donors (Lipinski definition) is 1. The Balaban J connectivity index is 0.000000684. The Morgan fingerprint density at radius 3 is 1.70 bits per heavy atom. The van der Waals surface area contributed by atoms with Crippen molar-refractivity contribution in [3.8, 4) is 0 Å². The molecule has 0 N–H and O–H groups in total. The molecule has 0 nitrogen and oxygen atoms in total. The van der Waals surface area contributed by atoms with Gasteiger partial charge in [0.25, 0.3) is 0 Å². The van der Waals surface area contributed by atoms with Gasteiger partial charge >= 0.3 is 17.1 Å². The van der Waals surface area contributed by atoms with Crippen LogP contribution in [0.3, 0.4) is 0 Å². The van der Waals surface area contributed by atoms with Gasteiger partial charge in [-0.1, -0.05) is 57.8 Å². The smallest absolute Gasteiger partial charge is 0.214 e. The zero-order chi connectivity index (χ0) is 15.7. The predicted molar refractivity (Wildman–Crippen MR) is 103 cm³/mol. The summed E-state index contributed by atoms with van der Waals surface area (Å²) in [6.07, 6.45) is 13.8. The van der Waals surface area contributed by atoms with Crippen LogP contribution in [0, 0.1) is 0 Å². The summed E-state index contributed by atoms with van der Waals surface area (Å²) in [5.41, 5.74) is 1.51. The topological polar surface area (TPSA) is 0 Å². The van der Waals surface area contributed by atoms with Gasteiger partial charge in [-0.2, -0.15) is 54.6 Å². The van der Waals surface area contributed by atoms with Crippen molar-refractivity contribution >= 4 is 12.6 Å². The summed E-state index contributed by atoms with van der Waals surface area (Å²) in [6.45, 7) is 0. The van der Waals surface area contributed by atoms with E-state index in [1.54, 1.807) is 0 Å². The molecule has 0 saturated carbocycles. The van der Waals surface area contributed by atoms with E-state index in [9.17, 15) is 0 Å². The van der Waals surface area contributed by atoms with E-state index in [0.29, 0.717) is 0 Å². The predicted octanol–water partition coefficient (Wildman–Crippen LogP) is 6.79. The number of aryl methyl sites for hydroxylation is 1. The second-order valence-corrected chi connectivity index (χ2v) is 6.36. The molecular formula is C21H32FeS. The van der Waals surface area contributed by atoms with Crippen molar-refractivity contribution in [3.05, 3.63) is 60.2 Å². The van der Waals surface area contributed by atoms with Gasteiger partial charge in [0.05, 0.1) is 0 Å². The molecule has 0 atom stereocenters. The van der Waals surface area contributed by atoms with Gasteiger partial charge < -0.3 is 0 Å². The molecule has 2 aromatic rings. The fourth-order valence-corrected chi connectivity index (χ4v) is 2.80. The van der Waals surface area contributed by atoms with Crippen molar-refractivity contribution in [1.29, 1.82) is 0 Å². The first-order valence-electron chi connectivity index (χ1n) is 8.91. The number of hydrogen-bond acceptors (Lipinski definition) is 1. The van der Waals surface area contributed by atoms with Crippen molar-refractivity contribution in [1.82, 2.24) is 0 Å². The summed E-state index contributed by atoms with van der Waals surface area (Å²) in [5.74, 6) is 1.06. The zero-order valence-electron chi connectivity index (χ0n) is 14.3. The summed E-state index contributed by atoms with van der Waals surface area (Å²) in [6, 6.07) is 18.8. The summed E-state index contributed by atoms with van der Waals surface area (Å²) in [4.78, 5) is 0. The maximum Gasteiger partial charge on any atom is 2.00 e. The van der Waals surface area contributed by atoms with E-state index >= 15 is 0 Å². The fraction of sp³-hybridized carbons (Fsp3) is 0.524. The molecule has 2 heteroatoms. The molecule has 0 bridgehead atoms. The van der Waals surface area contributed by atoms with E-state index in [-0.39, 0.29) is 17.1 Å². The van der Waals surface area contributed by atoms with Crippen molar-refractivity contribution in [2.24, 2.45) is 0 Å². The van der Waals surface area contributed by atoms with Crippen molar-refractivity contribution < 1.29 is 17.1 Å². The number of unbranched alkanes of at least 4 members (excludes halogenated alkanes) is 8. The molecule has 0 radical (unpaired) electrons. The van der Waals surface area contributed by atoms with Crippen LogP contribution >= 0.6 is 12.6 Å². The minimum atomic E-state index is 0. The molecule has 23 heavy (non-hydrogen) atoms. The van der Waals surface area contributed by atoms with Gasteiger partial charge in [-0.15, -0.1) is 0 Å². The van der Waals surface area contributed by atoms with Crippen LogP contribution in [0.5, 0.6) is 0 Å². The van der Waals surface area contributed by atoms with E-state index < -0.39 is 0 Å². The minimum Gasteiger partial charge on any atom is -0.214 e.